The molecule has 2 heterocycles. The third-order valence-electron chi connectivity index (χ3n) is 2.29. The Labute approximate surface area is 103 Å². The summed E-state index contributed by atoms with van der Waals surface area (Å²) in [5.74, 6) is 0.946. The standard InChI is InChI=1S/C9H13N7O2/c1-14-5-7(16(17)18)9(13-14)10-4-3-8-11-6-15(2)12-8/h5-6H,3-4H2,1-2H3,(H,10,13). The molecule has 1 N–H and O–H groups in total. The topological polar surface area (TPSA) is 104 Å². The normalized spacial score (nSPS) is 10.6. The molecular weight excluding hydrogens is 238 g/mol. The number of nitrogens with one attached hydrogen (secondary N) is 1. The van der Waals surface area contributed by atoms with E-state index in [1.807, 2.05) is 0 Å². The molecule has 18 heavy (non-hydrogen) atoms. The first-order valence-electron chi connectivity index (χ1n) is 5.32. The average Bonchev–Trinajstić information content (AvgIpc) is 2.85. The molecule has 0 radical (unpaired) electrons. The van der Waals surface area contributed by atoms with Gasteiger partial charge in [0, 0.05) is 27.1 Å². The molecule has 9 nitrogen and oxygen atoms in total. The fourth-order valence-corrected chi connectivity index (χ4v) is 1.53. The summed E-state index contributed by atoms with van der Waals surface area (Å²) in [6, 6.07) is 0. The Morgan fingerprint density at radius 2 is 2.17 bits per heavy atom. The molecule has 0 aliphatic heterocycles. The zero-order chi connectivity index (χ0) is 13.1. The number of aromatic nitrogens is 5. The van der Waals surface area contributed by atoms with Crippen LogP contribution in [0.2, 0.25) is 0 Å². The Bertz CT molecular complexity index is 559. The van der Waals surface area contributed by atoms with E-state index in [1.165, 1.54) is 10.9 Å². The lowest BCUT2D eigenvalue weighted by molar-refractivity contribution is -0.384. The molecule has 0 aliphatic carbocycles. The first-order valence-corrected chi connectivity index (χ1v) is 5.32. The average molecular weight is 251 g/mol. The van der Waals surface area contributed by atoms with Gasteiger partial charge in [0.1, 0.15) is 12.5 Å². The van der Waals surface area contributed by atoms with Crippen molar-refractivity contribution in [1.29, 1.82) is 0 Å². The molecule has 0 spiro atoms. The second-order valence-electron chi connectivity index (χ2n) is 3.80. The monoisotopic (exact) mass is 251 g/mol. The zero-order valence-corrected chi connectivity index (χ0v) is 10.1. The largest absolute Gasteiger partial charge is 0.362 e. The van der Waals surface area contributed by atoms with Crippen LogP contribution in [-0.4, -0.2) is 36.0 Å². The van der Waals surface area contributed by atoms with Crippen molar-refractivity contribution in [1.82, 2.24) is 24.5 Å². The minimum Gasteiger partial charge on any atom is -0.362 e. The number of anilines is 1. The van der Waals surface area contributed by atoms with Crippen LogP contribution in [0.3, 0.4) is 0 Å². The van der Waals surface area contributed by atoms with Gasteiger partial charge in [0.2, 0.25) is 5.82 Å². The van der Waals surface area contributed by atoms with Crippen LogP contribution in [-0.2, 0) is 20.5 Å². The SMILES string of the molecule is Cn1cnc(CCNc2nn(C)cc2[N+](=O)[O-])n1. The number of hydrogen-bond donors (Lipinski definition) is 1. The van der Waals surface area contributed by atoms with Gasteiger partial charge in [-0.15, -0.1) is 5.10 Å². The molecule has 96 valence electrons. The van der Waals surface area contributed by atoms with Crippen LogP contribution in [0.5, 0.6) is 0 Å². The van der Waals surface area contributed by atoms with Crippen molar-refractivity contribution >= 4 is 11.5 Å². The number of hydrogen-bond acceptors (Lipinski definition) is 6. The van der Waals surface area contributed by atoms with Crippen LogP contribution in [0, 0.1) is 10.1 Å². The van der Waals surface area contributed by atoms with Crippen molar-refractivity contribution in [2.75, 3.05) is 11.9 Å². The minimum atomic E-state index is -0.464. The summed E-state index contributed by atoms with van der Waals surface area (Å²) in [5.41, 5.74) is -0.0357. The lowest BCUT2D eigenvalue weighted by atomic mass is 10.4. The van der Waals surface area contributed by atoms with Crippen molar-refractivity contribution in [3.8, 4) is 0 Å². The van der Waals surface area contributed by atoms with Gasteiger partial charge in [0.05, 0.1) is 4.92 Å². The molecule has 0 saturated carbocycles. The molecule has 2 aromatic heterocycles. The summed E-state index contributed by atoms with van der Waals surface area (Å²) >= 11 is 0. The lowest BCUT2D eigenvalue weighted by Crippen LogP contribution is -2.08. The minimum absolute atomic E-state index is 0.0357. The van der Waals surface area contributed by atoms with Gasteiger partial charge in [-0.25, -0.2) is 4.98 Å². The summed E-state index contributed by atoms with van der Waals surface area (Å²) in [4.78, 5) is 14.4. The molecule has 0 atom stereocenters. The van der Waals surface area contributed by atoms with Crippen LogP contribution in [0.1, 0.15) is 5.82 Å². The number of nitrogens with zero attached hydrogens (tertiary/aromatic N) is 6. The highest BCUT2D eigenvalue weighted by atomic mass is 16.6. The maximum absolute atomic E-state index is 10.8. The molecule has 0 bridgehead atoms. The first kappa shape index (κ1) is 12.0. The predicted molar refractivity (Wildman–Crippen MR) is 63.1 cm³/mol. The van der Waals surface area contributed by atoms with E-state index in [2.05, 4.69) is 20.5 Å². The van der Waals surface area contributed by atoms with Gasteiger partial charge in [-0.1, -0.05) is 0 Å². The molecule has 0 aromatic carbocycles. The van der Waals surface area contributed by atoms with Crippen molar-refractivity contribution < 1.29 is 4.92 Å². The van der Waals surface area contributed by atoms with Crippen molar-refractivity contribution in [3.63, 3.8) is 0 Å². The molecule has 0 saturated heterocycles. The van der Waals surface area contributed by atoms with Crippen LogP contribution >= 0.6 is 0 Å². The van der Waals surface area contributed by atoms with E-state index in [1.54, 1.807) is 25.1 Å². The zero-order valence-electron chi connectivity index (χ0n) is 10.1. The molecule has 0 amide bonds. The third kappa shape index (κ3) is 2.62. The van der Waals surface area contributed by atoms with Crippen molar-refractivity contribution in [2.24, 2.45) is 14.1 Å². The first-order chi connectivity index (χ1) is 8.56. The van der Waals surface area contributed by atoms with Gasteiger partial charge < -0.3 is 5.32 Å². The fraction of sp³-hybridized carbons (Fsp3) is 0.444. The van der Waals surface area contributed by atoms with E-state index in [9.17, 15) is 10.1 Å². The Hall–Kier alpha value is -2.45. The van der Waals surface area contributed by atoms with Gasteiger partial charge in [0.15, 0.2) is 5.82 Å². The summed E-state index contributed by atoms with van der Waals surface area (Å²) in [6.45, 7) is 0.488. The third-order valence-corrected chi connectivity index (χ3v) is 2.29. The molecule has 9 heteroatoms. The van der Waals surface area contributed by atoms with E-state index in [0.29, 0.717) is 18.8 Å². The Morgan fingerprint density at radius 3 is 2.78 bits per heavy atom. The maximum Gasteiger partial charge on any atom is 0.330 e. The van der Waals surface area contributed by atoms with Crippen LogP contribution in [0.4, 0.5) is 11.5 Å². The molecule has 0 aliphatic rings. The highest BCUT2D eigenvalue weighted by molar-refractivity contribution is 5.54. The smallest absolute Gasteiger partial charge is 0.330 e. The Balaban J connectivity index is 1.96. The summed E-state index contributed by atoms with van der Waals surface area (Å²) in [5, 5.41) is 21.8. The van der Waals surface area contributed by atoms with E-state index in [-0.39, 0.29) is 11.5 Å². The number of aryl methyl sites for hydroxylation is 2. The Kier molecular flexibility index (Phi) is 3.22. The summed E-state index contributed by atoms with van der Waals surface area (Å²) < 4.78 is 3.01. The van der Waals surface area contributed by atoms with E-state index >= 15 is 0 Å². The number of rotatable bonds is 5. The van der Waals surface area contributed by atoms with Gasteiger partial charge >= 0.3 is 5.69 Å². The van der Waals surface area contributed by atoms with Crippen molar-refractivity contribution in [3.05, 3.63) is 28.5 Å². The van der Waals surface area contributed by atoms with Crippen LogP contribution < -0.4 is 5.32 Å². The molecular formula is C9H13N7O2. The summed E-state index contributed by atoms with van der Waals surface area (Å²) in [7, 11) is 3.42. The molecule has 0 fully saturated rings. The van der Waals surface area contributed by atoms with Crippen LogP contribution in [0.15, 0.2) is 12.5 Å². The van der Waals surface area contributed by atoms with Crippen LogP contribution in [0.25, 0.3) is 0 Å². The summed E-state index contributed by atoms with van der Waals surface area (Å²) in [6.07, 6.45) is 3.55. The van der Waals surface area contributed by atoms with Gasteiger partial charge in [-0.3, -0.25) is 19.5 Å². The lowest BCUT2D eigenvalue weighted by Gasteiger charge is -1.99. The molecule has 0 unspecified atom stereocenters. The predicted octanol–water partition coefficient (Wildman–Crippen LogP) is 0.111. The van der Waals surface area contributed by atoms with E-state index < -0.39 is 4.92 Å². The van der Waals surface area contributed by atoms with Gasteiger partial charge in [0.25, 0.3) is 0 Å². The van der Waals surface area contributed by atoms with E-state index in [0.717, 1.165) is 0 Å². The number of nitro groups is 1. The van der Waals surface area contributed by atoms with Gasteiger partial charge in [-0.2, -0.15) is 5.10 Å². The highest BCUT2D eigenvalue weighted by Gasteiger charge is 2.17. The highest BCUT2D eigenvalue weighted by Crippen LogP contribution is 2.20. The maximum atomic E-state index is 10.8. The fourth-order valence-electron chi connectivity index (χ4n) is 1.53. The molecule has 2 rings (SSSR count). The second kappa shape index (κ2) is 4.82. The second-order valence-corrected chi connectivity index (χ2v) is 3.80. The molecule has 2 aromatic rings. The quantitative estimate of drug-likeness (QED) is 0.597. The van der Waals surface area contributed by atoms with Crippen molar-refractivity contribution in [2.45, 2.75) is 6.42 Å². The van der Waals surface area contributed by atoms with Gasteiger partial charge in [-0.05, 0) is 0 Å². The Morgan fingerprint density at radius 1 is 1.39 bits per heavy atom. The van der Waals surface area contributed by atoms with E-state index in [4.69, 9.17) is 0 Å².